The van der Waals surface area contributed by atoms with Gasteiger partial charge in [0, 0.05) is 55.1 Å². The van der Waals surface area contributed by atoms with E-state index in [2.05, 4.69) is 34.0 Å². The van der Waals surface area contributed by atoms with Gasteiger partial charge in [-0.25, -0.2) is 18.7 Å². The Morgan fingerprint density at radius 3 is 2.55 bits per heavy atom. The number of hydrogen-bond acceptors (Lipinski definition) is 4. The molecule has 1 aliphatic heterocycles. The number of nitrogens with zero attached hydrogens (tertiary/aromatic N) is 3. The average Bonchev–Trinajstić information content (AvgIpc) is 3.61. The fraction of sp³-hybridized carbons (Fsp3) is 0.783. The monoisotopic (exact) mass is 452 g/mol. The first kappa shape index (κ1) is 21.4. The molecule has 3 aliphatic carbocycles. The van der Waals surface area contributed by atoms with Crippen LogP contribution in [0.1, 0.15) is 76.7 Å². The van der Waals surface area contributed by atoms with Gasteiger partial charge in [-0.3, -0.25) is 4.79 Å². The smallest absolute Gasteiger partial charge is 0.248 e. The van der Waals surface area contributed by atoms with E-state index in [1.165, 1.54) is 18.4 Å². The Balaban J connectivity index is 1.23. The maximum absolute atomic E-state index is 13.5. The Morgan fingerprint density at radius 1 is 1.19 bits per heavy atom. The molecule has 2 heterocycles. The summed E-state index contributed by atoms with van der Waals surface area (Å²) >= 11 is 6.11. The van der Waals surface area contributed by atoms with Gasteiger partial charge >= 0.3 is 0 Å². The number of alkyl halides is 2. The van der Waals surface area contributed by atoms with E-state index in [1.54, 1.807) is 0 Å². The molecule has 0 bridgehead atoms. The molecule has 5 nitrogen and oxygen atoms in total. The Labute approximate surface area is 187 Å². The molecule has 0 aromatic carbocycles. The highest BCUT2D eigenvalue weighted by Gasteiger charge is 2.61. The first-order valence-electron chi connectivity index (χ1n) is 11.5. The lowest BCUT2D eigenvalue weighted by Crippen LogP contribution is -2.56. The number of halogens is 3. The minimum Gasteiger partial charge on any atom is -0.356 e. The van der Waals surface area contributed by atoms with E-state index < -0.39 is 5.92 Å². The van der Waals surface area contributed by atoms with Gasteiger partial charge in [0.1, 0.15) is 5.82 Å². The van der Waals surface area contributed by atoms with Crippen molar-refractivity contribution in [3.63, 3.8) is 0 Å². The number of rotatable bonds is 4. The molecule has 2 atom stereocenters. The number of amides is 1. The maximum atomic E-state index is 13.5. The summed E-state index contributed by atoms with van der Waals surface area (Å²) < 4.78 is 27.1. The molecular weight excluding hydrogens is 422 g/mol. The fourth-order valence-electron chi connectivity index (χ4n) is 5.76. The molecule has 1 amide bonds. The van der Waals surface area contributed by atoms with Crippen molar-refractivity contribution >= 4 is 23.3 Å². The van der Waals surface area contributed by atoms with Crippen LogP contribution in [0.25, 0.3) is 0 Å². The minimum atomic E-state index is -2.55. The fourth-order valence-corrected chi connectivity index (χ4v) is 5.89. The van der Waals surface area contributed by atoms with Crippen LogP contribution < -0.4 is 10.2 Å². The molecule has 1 spiro atoms. The van der Waals surface area contributed by atoms with Crippen molar-refractivity contribution in [1.82, 2.24) is 15.3 Å². The van der Waals surface area contributed by atoms with Gasteiger partial charge in [0.2, 0.25) is 17.1 Å². The summed E-state index contributed by atoms with van der Waals surface area (Å²) in [7, 11) is 0. The summed E-state index contributed by atoms with van der Waals surface area (Å²) in [5.41, 5.74) is 0.859. The molecule has 1 aromatic rings. The molecule has 2 unspecified atom stereocenters. The number of carbonyl (C=O) groups is 1. The molecule has 5 rings (SSSR count). The van der Waals surface area contributed by atoms with Crippen molar-refractivity contribution in [2.75, 3.05) is 18.0 Å². The zero-order chi connectivity index (χ0) is 22.0. The van der Waals surface area contributed by atoms with E-state index in [1.807, 2.05) is 6.20 Å². The molecule has 0 radical (unpaired) electrons. The van der Waals surface area contributed by atoms with Gasteiger partial charge in [0.15, 0.2) is 0 Å². The SMILES string of the molecule is CC1(C)CN(c2nc(Cl)ncc2C2CC2)CCC1NC(=O)C1CC12CCC(F)(F)CC2. The molecule has 31 heavy (non-hydrogen) atoms. The van der Waals surface area contributed by atoms with Crippen molar-refractivity contribution in [1.29, 1.82) is 0 Å². The van der Waals surface area contributed by atoms with E-state index in [0.29, 0.717) is 18.8 Å². The number of hydrogen-bond donors (Lipinski definition) is 1. The molecule has 1 saturated heterocycles. The summed E-state index contributed by atoms with van der Waals surface area (Å²) in [4.78, 5) is 24.0. The van der Waals surface area contributed by atoms with Gasteiger partial charge < -0.3 is 10.2 Å². The second-order valence-corrected chi connectivity index (χ2v) is 11.3. The quantitative estimate of drug-likeness (QED) is 0.657. The lowest BCUT2D eigenvalue weighted by atomic mass is 9.78. The van der Waals surface area contributed by atoms with Crippen LogP contribution in [0.15, 0.2) is 6.20 Å². The van der Waals surface area contributed by atoms with Crippen LogP contribution in [-0.2, 0) is 4.79 Å². The number of piperidine rings is 1. The normalized spacial score (nSPS) is 30.8. The van der Waals surface area contributed by atoms with Gasteiger partial charge in [-0.1, -0.05) is 13.8 Å². The van der Waals surface area contributed by atoms with E-state index in [9.17, 15) is 13.6 Å². The summed E-state index contributed by atoms with van der Waals surface area (Å²) in [6, 6.07) is 0.0561. The topological polar surface area (TPSA) is 58.1 Å². The van der Waals surface area contributed by atoms with Crippen LogP contribution in [0.4, 0.5) is 14.6 Å². The van der Waals surface area contributed by atoms with Gasteiger partial charge in [0.05, 0.1) is 0 Å². The molecule has 8 heteroatoms. The Kier molecular flexibility index (Phi) is 5.00. The molecule has 1 aromatic heterocycles. The van der Waals surface area contributed by atoms with E-state index in [0.717, 1.165) is 31.7 Å². The molecule has 4 fully saturated rings. The van der Waals surface area contributed by atoms with Crippen LogP contribution in [0.3, 0.4) is 0 Å². The third kappa shape index (κ3) is 4.14. The zero-order valence-electron chi connectivity index (χ0n) is 18.3. The van der Waals surface area contributed by atoms with Gasteiger partial charge in [-0.05, 0) is 61.5 Å². The van der Waals surface area contributed by atoms with Crippen LogP contribution >= 0.6 is 11.6 Å². The third-order valence-corrected chi connectivity index (χ3v) is 8.29. The van der Waals surface area contributed by atoms with E-state index in [4.69, 9.17) is 11.6 Å². The summed E-state index contributed by atoms with van der Waals surface area (Å²) in [6.07, 6.45) is 6.57. The summed E-state index contributed by atoms with van der Waals surface area (Å²) in [5.74, 6) is -1.13. The maximum Gasteiger partial charge on any atom is 0.248 e. The minimum absolute atomic E-state index is 0.0560. The van der Waals surface area contributed by atoms with Gasteiger partial charge in [-0.2, -0.15) is 0 Å². The first-order chi connectivity index (χ1) is 14.6. The van der Waals surface area contributed by atoms with Crippen LogP contribution in [0, 0.1) is 16.7 Å². The largest absolute Gasteiger partial charge is 0.356 e. The lowest BCUT2D eigenvalue weighted by Gasteiger charge is -2.45. The van der Waals surface area contributed by atoms with Crippen molar-refractivity contribution in [2.24, 2.45) is 16.7 Å². The summed E-state index contributed by atoms with van der Waals surface area (Å²) in [5, 5.41) is 3.55. The highest BCUT2D eigenvalue weighted by atomic mass is 35.5. The second kappa shape index (κ2) is 7.26. The van der Waals surface area contributed by atoms with Crippen LogP contribution in [0.2, 0.25) is 5.28 Å². The van der Waals surface area contributed by atoms with Gasteiger partial charge in [0.25, 0.3) is 0 Å². The van der Waals surface area contributed by atoms with Crippen molar-refractivity contribution in [3.05, 3.63) is 17.0 Å². The molecule has 3 saturated carbocycles. The predicted molar refractivity (Wildman–Crippen MR) is 116 cm³/mol. The zero-order valence-corrected chi connectivity index (χ0v) is 19.0. The second-order valence-electron chi connectivity index (χ2n) is 10.9. The number of aromatic nitrogens is 2. The lowest BCUT2D eigenvalue weighted by molar-refractivity contribution is -0.126. The van der Waals surface area contributed by atoms with Crippen molar-refractivity contribution in [2.45, 2.75) is 83.1 Å². The van der Waals surface area contributed by atoms with E-state index in [-0.39, 0.29) is 46.8 Å². The van der Waals surface area contributed by atoms with Crippen LogP contribution in [-0.4, -0.2) is 40.9 Å². The van der Waals surface area contributed by atoms with Gasteiger partial charge in [-0.15, -0.1) is 0 Å². The third-order valence-electron chi connectivity index (χ3n) is 8.11. The Morgan fingerprint density at radius 2 is 1.90 bits per heavy atom. The molecule has 170 valence electrons. The Bertz CT molecular complexity index is 878. The Hall–Kier alpha value is -1.50. The highest BCUT2D eigenvalue weighted by Crippen LogP contribution is 2.63. The predicted octanol–water partition coefficient (Wildman–Crippen LogP) is 4.94. The van der Waals surface area contributed by atoms with Crippen molar-refractivity contribution < 1.29 is 13.6 Å². The average molecular weight is 453 g/mol. The molecule has 1 N–H and O–H groups in total. The number of carbonyl (C=O) groups excluding carboxylic acids is 1. The summed E-state index contributed by atoms with van der Waals surface area (Å²) in [6.45, 7) is 5.91. The standard InChI is InChI=1S/C23H31ClF2N4O/c1-21(2)13-30(18-15(14-3-4-14)12-27-20(24)29-18)10-5-17(21)28-19(31)16-11-22(16)6-8-23(25,26)9-7-22/h12,14,16-17H,3-11,13H2,1-2H3,(H,28,31). The number of nitrogens with one attached hydrogen (secondary N) is 1. The molecule has 4 aliphatic rings. The van der Waals surface area contributed by atoms with E-state index >= 15 is 0 Å². The molecular formula is C23H31ClF2N4O. The highest BCUT2D eigenvalue weighted by molar-refractivity contribution is 6.28. The first-order valence-corrected chi connectivity index (χ1v) is 11.9. The van der Waals surface area contributed by atoms with Crippen molar-refractivity contribution in [3.8, 4) is 0 Å². The van der Waals surface area contributed by atoms with Crippen LogP contribution in [0.5, 0.6) is 0 Å². The number of anilines is 1.